The molecule has 1 saturated carbocycles. The van der Waals surface area contributed by atoms with E-state index in [1.807, 2.05) is 30.3 Å². The molecule has 7 heterocycles. The largest absolute Gasteiger partial charge is 0.507 e. The van der Waals surface area contributed by atoms with Gasteiger partial charge in [-0.15, -0.1) is 10.2 Å². The highest BCUT2D eigenvalue weighted by molar-refractivity contribution is 6.05. The summed E-state index contributed by atoms with van der Waals surface area (Å²) in [4.78, 5) is 49.4. The van der Waals surface area contributed by atoms with E-state index in [1.165, 1.54) is 26.2 Å². The fourth-order valence-corrected chi connectivity index (χ4v) is 10.3. The number of nitrogens with zero attached hydrogens (tertiary/aromatic N) is 7. The molecule has 0 spiro atoms. The normalized spacial score (nSPS) is 28.6. The molecule has 53 heavy (non-hydrogen) atoms. The highest BCUT2D eigenvalue weighted by Crippen LogP contribution is 2.52. The highest BCUT2D eigenvalue weighted by atomic mass is 16.3. The summed E-state index contributed by atoms with van der Waals surface area (Å²) in [5.74, 6) is 3.50. The number of piperazine rings is 1. The van der Waals surface area contributed by atoms with Crippen LogP contribution < -0.4 is 20.4 Å². The summed E-state index contributed by atoms with van der Waals surface area (Å²) < 4.78 is 0. The minimum Gasteiger partial charge on any atom is -0.507 e. The maximum atomic E-state index is 13.3. The number of carbonyl (C=O) groups excluding carboxylic acids is 3. The maximum Gasteiger partial charge on any atom is 0.255 e. The number of carbonyl (C=O) groups is 3. The third-order valence-corrected chi connectivity index (χ3v) is 13.3. The number of rotatable bonds is 7. The Labute approximate surface area is 309 Å². The number of hydrogen-bond donors (Lipinski definition) is 3. The van der Waals surface area contributed by atoms with Crippen LogP contribution in [0.3, 0.4) is 0 Å². The number of phenols is 1. The fourth-order valence-electron chi connectivity index (χ4n) is 10.3. The lowest BCUT2D eigenvalue weighted by atomic mass is 9.95. The standard InChI is InChI=1S/C40H47N9O4/c50-36-4-2-1-3-28(36)33-16-35-38(44-43-33)41-17-27-20-45(13-14-48(27)35)21-30-31-22-46(23-32(30)31)18-24-9-11-47(12-10-24)26-6-5-25-19-49(40(53)29(25)15-26)34-7-8-37(51)42-39(34)52/h1-6,15-16,24,27,30-32,34,50H,7-14,17-23H2,(H,41,44)(H,42,51,52)/t27-,30?,31-,32+,34?/m0/s1. The molecule has 1 aliphatic carbocycles. The fraction of sp³-hybridized carbons (Fsp3) is 0.525. The zero-order chi connectivity index (χ0) is 35.8. The zero-order valence-corrected chi connectivity index (χ0v) is 30.0. The molecular formula is C40H47N9O4. The van der Waals surface area contributed by atoms with E-state index in [9.17, 15) is 19.5 Å². The molecule has 3 aromatic rings. The van der Waals surface area contributed by atoms with Crippen LogP contribution in [0.1, 0.15) is 41.6 Å². The first-order valence-electron chi connectivity index (χ1n) is 19.5. The number of aromatic hydroxyl groups is 1. The molecule has 5 atom stereocenters. The van der Waals surface area contributed by atoms with Crippen molar-refractivity contribution < 1.29 is 19.5 Å². The number of likely N-dealkylation sites (tertiary alicyclic amines) is 1. The maximum absolute atomic E-state index is 13.3. The summed E-state index contributed by atoms with van der Waals surface area (Å²) in [5.41, 5.74) is 5.23. The van der Waals surface area contributed by atoms with Crippen molar-refractivity contribution in [2.45, 2.75) is 44.3 Å². The lowest BCUT2D eigenvalue weighted by Crippen LogP contribution is -2.58. The van der Waals surface area contributed by atoms with E-state index in [1.54, 1.807) is 11.0 Å². The van der Waals surface area contributed by atoms with E-state index in [-0.39, 0.29) is 29.9 Å². The number of aromatic nitrogens is 2. The molecule has 13 heteroatoms. The van der Waals surface area contributed by atoms with Crippen LogP contribution in [0, 0.1) is 23.7 Å². The van der Waals surface area contributed by atoms with Gasteiger partial charge in [0.15, 0.2) is 5.82 Å². The molecule has 2 aromatic carbocycles. The van der Waals surface area contributed by atoms with Gasteiger partial charge in [0.25, 0.3) is 5.91 Å². The first kappa shape index (κ1) is 32.9. The molecule has 3 amide bonds. The van der Waals surface area contributed by atoms with Gasteiger partial charge >= 0.3 is 0 Å². The SMILES string of the molecule is O=C1CCC(N2Cc3ccc(N4CCC(CN5C[C@@H]6C(CN7CCN8c9cc(-c%10ccccc%10O)nnc9NC[C@H]8C7)[C@@H]6C5)CC4)cc3C2=O)C(=O)N1. The first-order chi connectivity index (χ1) is 25.9. The Hall–Kier alpha value is -4.75. The topological polar surface area (TPSA) is 137 Å². The smallest absolute Gasteiger partial charge is 0.255 e. The summed E-state index contributed by atoms with van der Waals surface area (Å²) in [5, 5.41) is 25.2. The third kappa shape index (κ3) is 5.97. The average molecular weight is 718 g/mol. The van der Waals surface area contributed by atoms with Gasteiger partial charge in [-0.05, 0) is 78.8 Å². The van der Waals surface area contributed by atoms with Crippen LogP contribution in [0.4, 0.5) is 17.2 Å². The average Bonchev–Trinajstić information content (AvgIpc) is 3.44. The molecule has 1 aromatic heterocycles. The van der Waals surface area contributed by atoms with Crippen molar-refractivity contribution in [1.82, 2.24) is 30.2 Å². The van der Waals surface area contributed by atoms with Gasteiger partial charge in [-0.1, -0.05) is 18.2 Å². The van der Waals surface area contributed by atoms with Gasteiger partial charge in [-0.25, -0.2) is 0 Å². The second kappa shape index (κ2) is 13.0. The Bertz CT molecular complexity index is 1950. The van der Waals surface area contributed by atoms with Crippen molar-refractivity contribution in [3.8, 4) is 17.0 Å². The van der Waals surface area contributed by atoms with E-state index in [0.717, 1.165) is 92.6 Å². The lowest BCUT2D eigenvalue weighted by molar-refractivity contribution is -0.136. The predicted molar refractivity (Wildman–Crippen MR) is 200 cm³/mol. The Balaban J connectivity index is 0.682. The molecule has 0 radical (unpaired) electrons. The minimum absolute atomic E-state index is 0.105. The van der Waals surface area contributed by atoms with Crippen LogP contribution in [-0.4, -0.2) is 125 Å². The van der Waals surface area contributed by atoms with Crippen molar-refractivity contribution >= 4 is 34.9 Å². The molecule has 276 valence electrons. The number of imide groups is 1. The number of fused-ring (bicyclic) bond motifs is 5. The van der Waals surface area contributed by atoms with Crippen LogP contribution in [0.5, 0.6) is 5.75 Å². The van der Waals surface area contributed by atoms with Crippen LogP contribution in [0.2, 0.25) is 0 Å². The van der Waals surface area contributed by atoms with Crippen LogP contribution in [0.25, 0.3) is 11.3 Å². The molecule has 13 nitrogen and oxygen atoms in total. The minimum atomic E-state index is -0.578. The second-order valence-electron chi connectivity index (χ2n) is 16.4. The van der Waals surface area contributed by atoms with E-state index in [4.69, 9.17) is 0 Å². The van der Waals surface area contributed by atoms with Crippen molar-refractivity contribution in [2.24, 2.45) is 23.7 Å². The van der Waals surface area contributed by atoms with E-state index in [0.29, 0.717) is 41.7 Å². The van der Waals surface area contributed by atoms with Crippen molar-refractivity contribution in [3.05, 3.63) is 59.7 Å². The van der Waals surface area contributed by atoms with Crippen LogP contribution in [-0.2, 0) is 16.1 Å². The molecule has 10 rings (SSSR count). The lowest BCUT2D eigenvalue weighted by Gasteiger charge is -2.46. The van der Waals surface area contributed by atoms with Crippen LogP contribution in [0.15, 0.2) is 48.5 Å². The second-order valence-corrected chi connectivity index (χ2v) is 16.4. The molecule has 2 unspecified atom stereocenters. The van der Waals surface area contributed by atoms with Crippen molar-refractivity contribution in [2.75, 3.05) is 80.6 Å². The molecule has 4 saturated heterocycles. The molecule has 3 N–H and O–H groups in total. The Kier molecular flexibility index (Phi) is 8.05. The number of piperidine rings is 3. The van der Waals surface area contributed by atoms with Gasteiger partial charge in [0.2, 0.25) is 11.8 Å². The molecule has 7 aliphatic rings. The Morgan fingerprint density at radius 1 is 0.811 bits per heavy atom. The summed E-state index contributed by atoms with van der Waals surface area (Å²) in [6.07, 6.45) is 2.97. The van der Waals surface area contributed by atoms with Crippen molar-refractivity contribution in [1.29, 1.82) is 0 Å². The van der Waals surface area contributed by atoms with Gasteiger partial charge in [0, 0.05) is 95.2 Å². The number of para-hydroxylation sites is 1. The zero-order valence-electron chi connectivity index (χ0n) is 30.0. The predicted octanol–water partition coefficient (Wildman–Crippen LogP) is 2.62. The third-order valence-electron chi connectivity index (χ3n) is 13.3. The number of benzene rings is 2. The summed E-state index contributed by atoms with van der Waals surface area (Å²) >= 11 is 0. The number of amides is 3. The summed E-state index contributed by atoms with van der Waals surface area (Å²) in [6, 6.07) is 15.4. The monoisotopic (exact) mass is 717 g/mol. The van der Waals surface area contributed by atoms with E-state index < -0.39 is 6.04 Å². The molecular weight excluding hydrogens is 670 g/mol. The summed E-state index contributed by atoms with van der Waals surface area (Å²) in [6.45, 7) is 11.2. The van der Waals surface area contributed by atoms with Gasteiger partial charge in [-0.2, -0.15) is 0 Å². The number of nitrogens with one attached hydrogen (secondary N) is 2. The molecule has 5 fully saturated rings. The van der Waals surface area contributed by atoms with E-state index >= 15 is 0 Å². The Morgan fingerprint density at radius 2 is 1.64 bits per heavy atom. The first-order valence-corrected chi connectivity index (χ1v) is 19.5. The van der Waals surface area contributed by atoms with Crippen molar-refractivity contribution in [3.63, 3.8) is 0 Å². The number of phenolic OH excluding ortho intramolecular Hbond substituents is 1. The van der Waals surface area contributed by atoms with Gasteiger partial charge in [0.1, 0.15) is 11.8 Å². The number of anilines is 3. The molecule has 0 bridgehead atoms. The van der Waals surface area contributed by atoms with E-state index in [2.05, 4.69) is 52.6 Å². The molecule has 6 aliphatic heterocycles. The van der Waals surface area contributed by atoms with Gasteiger partial charge in [0.05, 0.1) is 17.4 Å². The number of hydrogen-bond acceptors (Lipinski definition) is 11. The quantitative estimate of drug-likeness (QED) is 0.311. The van der Waals surface area contributed by atoms with Gasteiger partial charge in [-0.3, -0.25) is 24.6 Å². The van der Waals surface area contributed by atoms with Gasteiger partial charge < -0.3 is 30.0 Å². The van der Waals surface area contributed by atoms with Crippen LogP contribution >= 0.6 is 0 Å². The highest BCUT2D eigenvalue weighted by Gasteiger charge is 2.56. The Morgan fingerprint density at radius 3 is 2.45 bits per heavy atom. The summed E-state index contributed by atoms with van der Waals surface area (Å²) in [7, 11) is 0.